The summed E-state index contributed by atoms with van der Waals surface area (Å²) in [6.45, 7) is 7.23. The lowest BCUT2D eigenvalue weighted by molar-refractivity contribution is -0.136. The Morgan fingerprint density at radius 3 is 2.56 bits per heavy atom. The maximum absolute atomic E-state index is 14.2. The third-order valence-corrected chi connectivity index (χ3v) is 8.93. The third kappa shape index (κ3) is 4.71. The van der Waals surface area contributed by atoms with E-state index >= 15 is 0 Å². The van der Waals surface area contributed by atoms with Crippen molar-refractivity contribution in [1.29, 1.82) is 0 Å². The van der Waals surface area contributed by atoms with Crippen molar-refractivity contribution in [2.45, 2.75) is 63.8 Å². The average Bonchev–Trinajstić information content (AvgIpc) is 3.44. The molecule has 7 nitrogen and oxygen atoms in total. The molecule has 0 spiro atoms. The van der Waals surface area contributed by atoms with Crippen LogP contribution in [0.1, 0.15) is 56.2 Å². The van der Waals surface area contributed by atoms with Gasteiger partial charge in [-0.1, -0.05) is 26.0 Å². The Kier molecular flexibility index (Phi) is 6.65. The molecule has 0 radical (unpaired) electrons. The highest BCUT2D eigenvalue weighted by Gasteiger charge is 2.52. The Labute approximate surface area is 226 Å². The second-order valence-corrected chi connectivity index (χ2v) is 12.1. The van der Waals surface area contributed by atoms with E-state index in [0.717, 1.165) is 51.0 Å². The van der Waals surface area contributed by atoms with E-state index in [9.17, 15) is 18.0 Å². The fourth-order valence-corrected chi connectivity index (χ4v) is 7.23. The maximum atomic E-state index is 14.2. The number of nitrogens with one attached hydrogen (secondary N) is 2. The van der Waals surface area contributed by atoms with Gasteiger partial charge < -0.3 is 0 Å². The quantitative estimate of drug-likeness (QED) is 0.503. The van der Waals surface area contributed by atoms with Crippen LogP contribution in [0, 0.1) is 11.8 Å². The third-order valence-electron chi connectivity index (χ3n) is 8.93. The van der Waals surface area contributed by atoms with Crippen LogP contribution in [0.3, 0.4) is 0 Å². The highest BCUT2D eigenvalue weighted by molar-refractivity contribution is 5.58. The van der Waals surface area contributed by atoms with Crippen molar-refractivity contribution in [3.8, 4) is 5.69 Å². The summed E-state index contributed by atoms with van der Waals surface area (Å²) in [5, 5.41) is 0. The summed E-state index contributed by atoms with van der Waals surface area (Å²) in [6.07, 6.45) is 2.59. The number of aromatic nitrogens is 2. The van der Waals surface area contributed by atoms with Crippen LogP contribution in [0.2, 0.25) is 0 Å². The predicted molar refractivity (Wildman–Crippen MR) is 144 cm³/mol. The molecule has 2 saturated heterocycles. The lowest BCUT2D eigenvalue weighted by Gasteiger charge is -2.52. The number of piperidine rings is 1. The molecule has 3 fully saturated rings. The molecular weight excluding hydrogens is 505 g/mol. The smallest absolute Gasteiger partial charge is 0.299 e. The predicted octanol–water partition coefficient (Wildman–Crippen LogP) is 4.33. The highest BCUT2D eigenvalue weighted by atomic mass is 19.4. The van der Waals surface area contributed by atoms with E-state index in [4.69, 9.17) is 0 Å². The van der Waals surface area contributed by atoms with Crippen molar-refractivity contribution in [2.75, 3.05) is 26.8 Å². The molecule has 1 saturated carbocycles. The second kappa shape index (κ2) is 9.76. The van der Waals surface area contributed by atoms with E-state index in [1.54, 1.807) is 12.3 Å². The van der Waals surface area contributed by atoms with E-state index in [0.29, 0.717) is 29.6 Å². The summed E-state index contributed by atoms with van der Waals surface area (Å²) in [5.74, 6) is 1.08. The molecular formula is C29H37F3N6O. The SMILES string of the molecule is CC1CC(c2cccc(-n3cc4c(C(F)(F)F)cc(CN5CCC[C@H](C)C5)cn4c3=O)c2)(C2NNCN2C)C1. The van der Waals surface area contributed by atoms with Gasteiger partial charge in [0, 0.05) is 30.9 Å². The molecule has 2 aliphatic heterocycles. The number of hydrazine groups is 1. The molecule has 1 aromatic carbocycles. The van der Waals surface area contributed by atoms with Crippen molar-refractivity contribution >= 4 is 5.52 Å². The number of likely N-dealkylation sites (N-methyl/N-ethyl adjacent to an activating group) is 1. The lowest BCUT2D eigenvalue weighted by Crippen LogP contribution is -2.58. The first kappa shape index (κ1) is 26.6. The van der Waals surface area contributed by atoms with E-state index in [1.165, 1.54) is 21.2 Å². The van der Waals surface area contributed by atoms with Crippen LogP contribution in [0.5, 0.6) is 0 Å². The van der Waals surface area contributed by atoms with Crippen LogP contribution in [0.25, 0.3) is 11.2 Å². The van der Waals surface area contributed by atoms with Gasteiger partial charge in [0.15, 0.2) is 0 Å². The van der Waals surface area contributed by atoms with Gasteiger partial charge in [-0.25, -0.2) is 15.6 Å². The molecule has 0 bridgehead atoms. The van der Waals surface area contributed by atoms with Crippen LogP contribution in [-0.2, 0) is 18.1 Å². The maximum Gasteiger partial charge on any atom is 0.418 e. The number of fused-ring (bicyclic) bond motifs is 1. The minimum Gasteiger partial charge on any atom is -0.299 e. The number of likely N-dealkylation sites (tertiary alicyclic amines) is 1. The van der Waals surface area contributed by atoms with E-state index in [1.807, 2.05) is 12.1 Å². The Hall–Kier alpha value is -2.66. The first-order valence-corrected chi connectivity index (χ1v) is 13.9. The number of hydrogen-bond acceptors (Lipinski definition) is 5. The largest absolute Gasteiger partial charge is 0.418 e. The lowest BCUT2D eigenvalue weighted by atomic mass is 9.57. The number of rotatable bonds is 5. The number of hydrogen-bond donors (Lipinski definition) is 2. The van der Waals surface area contributed by atoms with Gasteiger partial charge >= 0.3 is 11.9 Å². The van der Waals surface area contributed by atoms with Gasteiger partial charge in [0.25, 0.3) is 0 Å². The molecule has 1 unspecified atom stereocenters. The summed E-state index contributed by atoms with van der Waals surface area (Å²) < 4.78 is 45.3. The average molecular weight is 543 g/mol. The van der Waals surface area contributed by atoms with Gasteiger partial charge in [-0.05, 0) is 80.4 Å². The molecule has 10 heteroatoms. The van der Waals surface area contributed by atoms with Gasteiger partial charge in [0.1, 0.15) is 0 Å². The number of pyridine rings is 1. The zero-order valence-corrected chi connectivity index (χ0v) is 22.8. The zero-order valence-electron chi connectivity index (χ0n) is 22.8. The Balaban J connectivity index is 1.41. The van der Waals surface area contributed by atoms with Crippen molar-refractivity contribution in [3.05, 3.63) is 69.9 Å². The molecule has 0 amide bonds. The summed E-state index contributed by atoms with van der Waals surface area (Å²) in [4.78, 5) is 18.0. The number of benzene rings is 1. The first-order chi connectivity index (χ1) is 18.5. The van der Waals surface area contributed by atoms with Gasteiger partial charge in [0.2, 0.25) is 0 Å². The zero-order chi connectivity index (χ0) is 27.5. The van der Waals surface area contributed by atoms with Crippen LogP contribution < -0.4 is 16.5 Å². The number of nitrogens with zero attached hydrogens (tertiary/aromatic N) is 4. The normalized spacial score (nSPS) is 28.7. The van der Waals surface area contributed by atoms with Gasteiger partial charge in [-0.2, -0.15) is 13.2 Å². The minimum atomic E-state index is -4.57. The van der Waals surface area contributed by atoms with Crippen molar-refractivity contribution in [2.24, 2.45) is 11.8 Å². The fourth-order valence-electron chi connectivity index (χ4n) is 7.23. The van der Waals surface area contributed by atoms with E-state index in [-0.39, 0.29) is 17.1 Å². The monoisotopic (exact) mass is 542 g/mol. The molecule has 39 heavy (non-hydrogen) atoms. The number of imidazole rings is 1. The van der Waals surface area contributed by atoms with Crippen molar-refractivity contribution < 1.29 is 13.2 Å². The molecule has 3 aliphatic rings. The summed E-state index contributed by atoms with van der Waals surface area (Å²) in [5.41, 5.74) is 7.25. The van der Waals surface area contributed by atoms with Crippen molar-refractivity contribution in [3.63, 3.8) is 0 Å². The summed E-state index contributed by atoms with van der Waals surface area (Å²) >= 11 is 0. The molecule has 4 heterocycles. The molecule has 210 valence electrons. The Morgan fingerprint density at radius 1 is 1.10 bits per heavy atom. The van der Waals surface area contributed by atoms with Crippen molar-refractivity contribution in [1.82, 2.24) is 29.6 Å². The van der Waals surface area contributed by atoms with Crippen LogP contribution >= 0.6 is 0 Å². The van der Waals surface area contributed by atoms with Gasteiger partial charge in [0.05, 0.1) is 29.6 Å². The molecule has 2 N–H and O–H groups in total. The number of alkyl halides is 3. The van der Waals surface area contributed by atoms with Gasteiger partial charge in [-0.15, -0.1) is 0 Å². The fraction of sp³-hybridized carbons (Fsp3) is 0.552. The minimum absolute atomic E-state index is 0.0886. The highest BCUT2D eigenvalue weighted by Crippen LogP contribution is 2.51. The molecule has 2 aromatic heterocycles. The van der Waals surface area contributed by atoms with E-state index < -0.39 is 17.4 Å². The Morgan fingerprint density at radius 2 is 1.90 bits per heavy atom. The van der Waals surface area contributed by atoms with Crippen LogP contribution in [-0.4, -0.2) is 51.7 Å². The Bertz CT molecular complexity index is 1420. The van der Waals surface area contributed by atoms with Crippen LogP contribution in [0.15, 0.2) is 47.5 Å². The summed E-state index contributed by atoms with van der Waals surface area (Å²) in [7, 11) is 2.07. The standard InChI is InChI=1S/C29H37F3N6O/c1-19-6-5-9-36(14-19)15-21-10-24(29(30,31)32)25-17-37(27(39)38(25)16-21)23-8-4-7-22(11-23)28(12-20(2)13-28)26-34-33-18-35(26)3/h4,7-8,10-11,16-17,19-20,26,33-34H,5-6,9,12-15,18H2,1-3H3/t19-,20?,26?,28?/m0/s1. The molecule has 2 atom stereocenters. The second-order valence-electron chi connectivity index (χ2n) is 12.1. The molecule has 1 aliphatic carbocycles. The first-order valence-electron chi connectivity index (χ1n) is 13.9. The van der Waals surface area contributed by atoms with E-state index in [2.05, 4.69) is 47.6 Å². The molecule has 6 rings (SSSR count). The molecule has 3 aromatic rings. The topological polar surface area (TPSA) is 57.0 Å². The van der Waals surface area contributed by atoms with Gasteiger partial charge in [-0.3, -0.25) is 18.8 Å². The summed E-state index contributed by atoms with van der Waals surface area (Å²) in [6, 6.07) is 8.97. The van der Waals surface area contributed by atoms with Crippen LogP contribution in [0.4, 0.5) is 13.2 Å². The number of halogens is 3.